The van der Waals surface area contributed by atoms with E-state index in [4.69, 9.17) is 10.3 Å². The van der Waals surface area contributed by atoms with E-state index in [0.717, 1.165) is 48.6 Å². The molecule has 20 heavy (non-hydrogen) atoms. The molecule has 1 aromatic rings. The van der Waals surface area contributed by atoms with Crippen molar-refractivity contribution in [2.75, 3.05) is 44.2 Å². The smallest absolute Gasteiger partial charge is 0.113 e. The van der Waals surface area contributed by atoms with Gasteiger partial charge >= 0.3 is 0 Å². The van der Waals surface area contributed by atoms with Gasteiger partial charge in [0.15, 0.2) is 0 Å². The van der Waals surface area contributed by atoms with Gasteiger partial charge in [0.25, 0.3) is 0 Å². The number of aliphatic hydroxyl groups excluding tert-OH is 1. The zero-order valence-corrected chi connectivity index (χ0v) is 12.8. The summed E-state index contributed by atoms with van der Waals surface area (Å²) in [5, 5.41) is 17.4. The molecule has 0 radical (unpaired) electrons. The zero-order valence-electron chi connectivity index (χ0n) is 11.2. The summed E-state index contributed by atoms with van der Waals surface area (Å²) in [6, 6.07) is 5.85. The topological polar surface area (TPSA) is 71.3 Å². The molecular weight excluding hydrogens is 324 g/mol. The van der Waals surface area contributed by atoms with Gasteiger partial charge in [0.05, 0.1) is 18.0 Å². The minimum atomic E-state index is 0.218. The lowest BCUT2D eigenvalue weighted by atomic mass is 10.2. The number of β-amino-alcohol motifs (C(OH)–C–C–N with tert-alkyl or cyclic N) is 1. The highest BCUT2D eigenvalue weighted by molar-refractivity contribution is 9.10. The SMILES string of the molecule is OCCN1CCN(c2ccc(N=CNO)cc2Br)CC1. The van der Waals surface area contributed by atoms with E-state index in [0.29, 0.717) is 0 Å². The number of hydroxylamine groups is 1. The molecule has 110 valence electrons. The first kappa shape index (κ1) is 15.2. The van der Waals surface area contributed by atoms with Gasteiger partial charge in [0.1, 0.15) is 6.34 Å². The molecule has 1 saturated heterocycles. The standard InChI is InChI=1S/C13H19BrN4O2/c14-12-9-11(15-10-16-20)1-2-13(12)18-5-3-17(4-6-18)7-8-19/h1-2,9-10,19-20H,3-8H2,(H,15,16). The number of piperazine rings is 1. The fraction of sp³-hybridized carbons (Fsp3) is 0.462. The van der Waals surface area contributed by atoms with Crippen molar-refractivity contribution >= 4 is 33.6 Å². The summed E-state index contributed by atoms with van der Waals surface area (Å²) in [5.74, 6) is 0. The van der Waals surface area contributed by atoms with Gasteiger partial charge in [-0.15, -0.1) is 0 Å². The van der Waals surface area contributed by atoms with Gasteiger partial charge in [-0.2, -0.15) is 0 Å². The maximum atomic E-state index is 8.95. The van der Waals surface area contributed by atoms with E-state index in [2.05, 4.69) is 30.7 Å². The first-order valence-corrected chi connectivity index (χ1v) is 7.34. The van der Waals surface area contributed by atoms with E-state index in [-0.39, 0.29) is 6.61 Å². The van der Waals surface area contributed by atoms with Crippen LogP contribution in [-0.4, -0.2) is 60.9 Å². The molecule has 1 heterocycles. The molecule has 0 unspecified atom stereocenters. The molecule has 1 aliphatic rings. The maximum Gasteiger partial charge on any atom is 0.113 e. The van der Waals surface area contributed by atoms with E-state index in [1.54, 1.807) is 0 Å². The number of hydrogen-bond acceptors (Lipinski definition) is 5. The molecule has 0 bridgehead atoms. The lowest BCUT2D eigenvalue weighted by Gasteiger charge is -2.36. The van der Waals surface area contributed by atoms with Crippen LogP contribution in [0, 0.1) is 0 Å². The number of anilines is 1. The van der Waals surface area contributed by atoms with E-state index in [1.165, 1.54) is 6.34 Å². The van der Waals surface area contributed by atoms with Crippen molar-refractivity contribution in [2.45, 2.75) is 0 Å². The van der Waals surface area contributed by atoms with Gasteiger partial charge in [-0.1, -0.05) is 0 Å². The Morgan fingerprint density at radius 3 is 2.65 bits per heavy atom. The van der Waals surface area contributed by atoms with Crippen molar-refractivity contribution in [3.05, 3.63) is 22.7 Å². The van der Waals surface area contributed by atoms with Crippen LogP contribution in [-0.2, 0) is 0 Å². The summed E-state index contributed by atoms with van der Waals surface area (Å²) in [6.07, 6.45) is 1.23. The monoisotopic (exact) mass is 342 g/mol. The average Bonchev–Trinajstić information content (AvgIpc) is 2.47. The molecule has 0 atom stereocenters. The summed E-state index contributed by atoms with van der Waals surface area (Å²) in [5.41, 5.74) is 3.80. The largest absolute Gasteiger partial charge is 0.395 e. The van der Waals surface area contributed by atoms with E-state index in [1.807, 2.05) is 23.7 Å². The second-order valence-corrected chi connectivity index (χ2v) is 5.43. The number of nitrogens with one attached hydrogen (secondary N) is 1. The third-order valence-electron chi connectivity index (χ3n) is 3.33. The summed E-state index contributed by atoms with van der Waals surface area (Å²) < 4.78 is 0.987. The van der Waals surface area contributed by atoms with Gasteiger partial charge < -0.3 is 10.0 Å². The van der Waals surface area contributed by atoms with Crippen molar-refractivity contribution in [3.63, 3.8) is 0 Å². The molecule has 1 aromatic carbocycles. The lowest BCUT2D eigenvalue weighted by molar-refractivity contribution is 0.188. The van der Waals surface area contributed by atoms with E-state index < -0.39 is 0 Å². The molecule has 2 rings (SSSR count). The van der Waals surface area contributed by atoms with Gasteiger partial charge in [-0.3, -0.25) is 15.6 Å². The maximum absolute atomic E-state index is 8.95. The molecule has 7 heteroatoms. The van der Waals surface area contributed by atoms with Crippen molar-refractivity contribution in [2.24, 2.45) is 4.99 Å². The Balaban J connectivity index is 2.01. The first-order valence-electron chi connectivity index (χ1n) is 6.54. The zero-order chi connectivity index (χ0) is 14.4. The third kappa shape index (κ3) is 3.92. The predicted molar refractivity (Wildman–Crippen MR) is 83.0 cm³/mol. The highest BCUT2D eigenvalue weighted by atomic mass is 79.9. The van der Waals surface area contributed by atoms with Gasteiger partial charge in [0, 0.05) is 37.2 Å². The van der Waals surface area contributed by atoms with Crippen molar-refractivity contribution in [1.29, 1.82) is 0 Å². The van der Waals surface area contributed by atoms with Crippen LogP contribution in [0.1, 0.15) is 0 Å². The minimum Gasteiger partial charge on any atom is -0.395 e. The Bertz CT molecular complexity index is 462. The van der Waals surface area contributed by atoms with Crippen molar-refractivity contribution in [1.82, 2.24) is 10.4 Å². The van der Waals surface area contributed by atoms with Crippen LogP contribution in [0.3, 0.4) is 0 Å². The Morgan fingerprint density at radius 2 is 2.05 bits per heavy atom. The molecule has 6 nitrogen and oxygen atoms in total. The van der Waals surface area contributed by atoms with E-state index in [9.17, 15) is 0 Å². The average molecular weight is 343 g/mol. The van der Waals surface area contributed by atoms with Gasteiger partial charge in [0.2, 0.25) is 0 Å². The highest BCUT2D eigenvalue weighted by Gasteiger charge is 2.18. The van der Waals surface area contributed by atoms with Crippen LogP contribution < -0.4 is 10.4 Å². The summed E-state index contributed by atoms with van der Waals surface area (Å²) in [7, 11) is 0. The molecule has 1 fully saturated rings. The Morgan fingerprint density at radius 1 is 1.30 bits per heavy atom. The number of aliphatic hydroxyl groups is 1. The quantitative estimate of drug-likeness (QED) is 0.426. The number of benzene rings is 1. The number of rotatable bonds is 5. The van der Waals surface area contributed by atoms with Crippen LogP contribution in [0.15, 0.2) is 27.7 Å². The summed E-state index contributed by atoms with van der Waals surface area (Å²) in [6.45, 7) is 4.77. The number of halogens is 1. The first-order chi connectivity index (χ1) is 9.74. The van der Waals surface area contributed by atoms with Gasteiger partial charge in [-0.25, -0.2) is 4.99 Å². The van der Waals surface area contributed by atoms with Crippen LogP contribution in [0.4, 0.5) is 11.4 Å². The third-order valence-corrected chi connectivity index (χ3v) is 3.97. The molecule has 0 spiro atoms. The minimum absolute atomic E-state index is 0.218. The van der Waals surface area contributed by atoms with Crippen LogP contribution >= 0.6 is 15.9 Å². The van der Waals surface area contributed by atoms with E-state index >= 15 is 0 Å². The fourth-order valence-corrected chi connectivity index (χ4v) is 2.91. The second-order valence-electron chi connectivity index (χ2n) is 4.58. The number of nitrogens with zero attached hydrogens (tertiary/aromatic N) is 3. The predicted octanol–water partition coefficient (Wildman–Crippen LogP) is 1.20. The normalized spacial score (nSPS) is 16.9. The molecular formula is C13H19BrN4O2. The molecule has 0 saturated carbocycles. The van der Waals surface area contributed by atoms with Crippen LogP contribution in [0.2, 0.25) is 0 Å². The fourth-order valence-electron chi connectivity index (χ4n) is 2.29. The van der Waals surface area contributed by atoms with Crippen molar-refractivity contribution < 1.29 is 10.3 Å². The highest BCUT2D eigenvalue weighted by Crippen LogP contribution is 2.30. The Hall–Kier alpha value is -1.15. The van der Waals surface area contributed by atoms with Crippen molar-refractivity contribution in [3.8, 4) is 0 Å². The summed E-state index contributed by atoms with van der Waals surface area (Å²) in [4.78, 5) is 8.61. The number of hydrogen-bond donors (Lipinski definition) is 3. The molecule has 0 aliphatic carbocycles. The van der Waals surface area contributed by atoms with Crippen LogP contribution in [0.25, 0.3) is 0 Å². The Labute approximate surface area is 126 Å². The van der Waals surface area contributed by atoms with Gasteiger partial charge in [-0.05, 0) is 34.1 Å². The lowest BCUT2D eigenvalue weighted by Crippen LogP contribution is -2.47. The molecule has 3 N–H and O–H groups in total. The Kier molecular flexibility index (Phi) is 5.78. The number of aliphatic imine (C=N–C) groups is 1. The second kappa shape index (κ2) is 7.58. The molecule has 1 aliphatic heterocycles. The summed E-state index contributed by atoms with van der Waals surface area (Å²) >= 11 is 3.57. The molecule has 0 amide bonds. The van der Waals surface area contributed by atoms with Crippen LogP contribution in [0.5, 0.6) is 0 Å². The molecule has 0 aromatic heterocycles.